The fraction of sp³-hybridized carbons (Fsp3) is 0.727. The van der Waals surface area contributed by atoms with Crippen LogP contribution in [0.4, 0.5) is 0 Å². The summed E-state index contributed by atoms with van der Waals surface area (Å²) in [5.41, 5.74) is 1.27. The molecular weight excluding hydrogens is 228 g/mol. The fourth-order valence-corrected chi connectivity index (χ4v) is 2.98. The third-order valence-electron chi connectivity index (χ3n) is 3.38. The maximum atomic E-state index is 6.00. The van der Waals surface area contributed by atoms with Gasteiger partial charge in [0.2, 0.25) is 0 Å². The summed E-state index contributed by atoms with van der Waals surface area (Å²) in [4.78, 5) is 0. The molecular formula is C11H17ClN2S. The SMILES string of the molecule is Cc1nn(CC2(CS)CCCC2)cc1Cl. The Balaban J connectivity index is 2.12. The first kappa shape index (κ1) is 11.3. The van der Waals surface area contributed by atoms with Gasteiger partial charge in [-0.25, -0.2) is 0 Å². The highest BCUT2D eigenvalue weighted by Gasteiger charge is 2.33. The zero-order chi connectivity index (χ0) is 10.9. The third-order valence-corrected chi connectivity index (χ3v) is 4.43. The summed E-state index contributed by atoms with van der Waals surface area (Å²) >= 11 is 10.5. The van der Waals surface area contributed by atoms with Crippen molar-refractivity contribution in [3.63, 3.8) is 0 Å². The van der Waals surface area contributed by atoms with E-state index < -0.39 is 0 Å². The van der Waals surface area contributed by atoms with E-state index >= 15 is 0 Å². The van der Waals surface area contributed by atoms with E-state index in [1.807, 2.05) is 17.8 Å². The molecule has 0 saturated heterocycles. The minimum absolute atomic E-state index is 0.352. The molecule has 1 heterocycles. The maximum Gasteiger partial charge on any atom is 0.0814 e. The minimum Gasteiger partial charge on any atom is -0.270 e. The van der Waals surface area contributed by atoms with Crippen LogP contribution < -0.4 is 0 Å². The molecule has 0 aromatic carbocycles. The predicted octanol–water partition coefficient (Wildman–Crippen LogP) is 3.34. The molecule has 2 rings (SSSR count). The Hall–Kier alpha value is -0.150. The molecule has 1 aromatic heterocycles. The van der Waals surface area contributed by atoms with Crippen LogP contribution >= 0.6 is 24.2 Å². The molecule has 0 N–H and O–H groups in total. The first-order chi connectivity index (χ1) is 7.15. The number of rotatable bonds is 3. The van der Waals surface area contributed by atoms with Crippen molar-refractivity contribution in [2.75, 3.05) is 5.75 Å². The molecule has 1 saturated carbocycles. The van der Waals surface area contributed by atoms with Gasteiger partial charge in [-0.3, -0.25) is 4.68 Å². The molecule has 0 aliphatic heterocycles. The van der Waals surface area contributed by atoms with E-state index in [4.69, 9.17) is 11.6 Å². The number of aromatic nitrogens is 2. The van der Waals surface area contributed by atoms with Gasteiger partial charge in [-0.2, -0.15) is 17.7 Å². The average Bonchev–Trinajstić information content (AvgIpc) is 2.77. The molecule has 0 unspecified atom stereocenters. The van der Waals surface area contributed by atoms with Crippen LogP contribution in [-0.4, -0.2) is 15.5 Å². The summed E-state index contributed by atoms with van der Waals surface area (Å²) in [5, 5.41) is 5.18. The van der Waals surface area contributed by atoms with Crippen LogP contribution in [0.3, 0.4) is 0 Å². The summed E-state index contributed by atoms with van der Waals surface area (Å²) in [6, 6.07) is 0. The largest absolute Gasteiger partial charge is 0.270 e. The second-order valence-electron chi connectivity index (χ2n) is 4.63. The molecule has 0 amide bonds. The minimum atomic E-state index is 0.352. The fourth-order valence-electron chi connectivity index (χ4n) is 2.41. The van der Waals surface area contributed by atoms with Crippen LogP contribution in [0.15, 0.2) is 6.20 Å². The standard InChI is InChI=1S/C11H17ClN2S/c1-9-10(12)6-14(13-9)7-11(8-15)4-2-3-5-11/h6,15H,2-5,7-8H2,1H3. The van der Waals surface area contributed by atoms with Crippen LogP contribution in [0.1, 0.15) is 31.4 Å². The van der Waals surface area contributed by atoms with Crippen molar-refractivity contribution in [1.82, 2.24) is 9.78 Å². The van der Waals surface area contributed by atoms with Crippen molar-refractivity contribution in [2.24, 2.45) is 5.41 Å². The van der Waals surface area contributed by atoms with E-state index in [-0.39, 0.29) is 0 Å². The Kier molecular flexibility index (Phi) is 3.31. The molecule has 84 valence electrons. The van der Waals surface area contributed by atoms with E-state index in [0.717, 1.165) is 23.0 Å². The monoisotopic (exact) mass is 244 g/mol. The summed E-state index contributed by atoms with van der Waals surface area (Å²) in [7, 11) is 0. The summed E-state index contributed by atoms with van der Waals surface area (Å²) in [5.74, 6) is 0.948. The second-order valence-corrected chi connectivity index (χ2v) is 5.35. The van der Waals surface area contributed by atoms with Crippen LogP contribution in [0.25, 0.3) is 0 Å². The van der Waals surface area contributed by atoms with Crippen molar-refractivity contribution in [3.05, 3.63) is 16.9 Å². The second kappa shape index (κ2) is 4.38. The van der Waals surface area contributed by atoms with Crippen molar-refractivity contribution < 1.29 is 0 Å². The Morgan fingerprint density at radius 2 is 2.20 bits per heavy atom. The van der Waals surface area contributed by atoms with Gasteiger partial charge in [0.05, 0.1) is 10.7 Å². The topological polar surface area (TPSA) is 17.8 Å². The molecule has 2 nitrogen and oxygen atoms in total. The maximum absolute atomic E-state index is 6.00. The van der Waals surface area contributed by atoms with Crippen molar-refractivity contribution in [2.45, 2.75) is 39.2 Å². The Bertz CT molecular complexity index is 323. The zero-order valence-corrected chi connectivity index (χ0v) is 10.7. The van der Waals surface area contributed by atoms with E-state index in [1.54, 1.807) is 0 Å². The molecule has 0 bridgehead atoms. The van der Waals surface area contributed by atoms with Crippen LogP contribution in [0.2, 0.25) is 5.02 Å². The normalized spacial score (nSPS) is 19.7. The molecule has 1 aliphatic carbocycles. The van der Waals surface area contributed by atoms with E-state index in [9.17, 15) is 0 Å². The molecule has 0 atom stereocenters. The lowest BCUT2D eigenvalue weighted by molar-refractivity contribution is 0.276. The number of hydrogen-bond acceptors (Lipinski definition) is 2. The lowest BCUT2D eigenvalue weighted by atomic mass is 9.88. The van der Waals surface area contributed by atoms with Gasteiger partial charge in [0, 0.05) is 12.7 Å². The quantitative estimate of drug-likeness (QED) is 0.808. The van der Waals surface area contributed by atoms with Gasteiger partial charge in [-0.05, 0) is 30.9 Å². The zero-order valence-electron chi connectivity index (χ0n) is 9.04. The molecule has 1 aliphatic rings. The van der Waals surface area contributed by atoms with Gasteiger partial charge in [0.15, 0.2) is 0 Å². The van der Waals surface area contributed by atoms with Gasteiger partial charge >= 0.3 is 0 Å². The van der Waals surface area contributed by atoms with E-state index in [2.05, 4.69) is 17.7 Å². The Morgan fingerprint density at radius 1 is 1.53 bits per heavy atom. The summed E-state index contributed by atoms with van der Waals surface area (Å²) in [6.07, 6.45) is 7.13. The van der Waals surface area contributed by atoms with Gasteiger partial charge in [-0.15, -0.1) is 0 Å². The van der Waals surface area contributed by atoms with Gasteiger partial charge < -0.3 is 0 Å². The van der Waals surface area contributed by atoms with Crippen molar-refractivity contribution >= 4 is 24.2 Å². The summed E-state index contributed by atoms with van der Waals surface area (Å²) in [6.45, 7) is 2.91. The summed E-state index contributed by atoms with van der Waals surface area (Å²) < 4.78 is 1.99. The number of thiol groups is 1. The average molecular weight is 245 g/mol. The highest BCUT2D eigenvalue weighted by atomic mass is 35.5. The van der Waals surface area contributed by atoms with Crippen molar-refractivity contribution in [1.29, 1.82) is 0 Å². The first-order valence-electron chi connectivity index (χ1n) is 5.46. The number of hydrogen-bond donors (Lipinski definition) is 1. The number of nitrogens with zero attached hydrogens (tertiary/aromatic N) is 2. The first-order valence-corrected chi connectivity index (χ1v) is 6.47. The predicted molar refractivity (Wildman–Crippen MR) is 66.7 cm³/mol. The highest BCUT2D eigenvalue weighted by Crippen LogP contribution is 2.40. The molecule has 1 fully saturated rings. The van der Waals surface area contributed by atoms with Gasteiger partial charge in [-0.1, -0.05) is 24.4 Å². The lowest BCUT2D eigenvalue weighted by Crippen LogP contribution is -2.25. The Morgan fingerprint density at radius 3 is 2.67 bits per heavy atom. The molecule has 4 heteroatoms. The molecule has 15 heavy (non-hydrogen) atoms. The van der Waals surface area contributed by atoms with E-state index in [1.165, 1.54) is 25.7 Å². The van der Waals surface area contributed by atoms with E-state index in [0.29, 0.717) is 5.41 Å². The molecule has 0 spiro atoms. The number of halogens is 1. The Labute approximate surface area is 101 Å². The third kappa shape index (κ3) is 2.34. The van der Waals surface area contributed by atoms with Crippen LogP contribution in [-0.2, 0) is 6.54 Å². The smallest absolute Gasteiger partial charge is 0.0814 e. The van der Waals surface area contributed by atoms with Crippen molar-refractivity contribution in [3.8, 4) is 0 Å². The van der Waals surface area contributed by atoms with Crippen LogP contribution in [0.5, 0.6) is 0 Å². The van der Waals surface area contributed by atoms with Gasteiger partial charge in [0.25, 0.3) is 0 Å². The lowest BCUT2D eigenvalue weighted by Gasteiger charge is -2.26. The number of aryl methyl sites for hydroxylation is 1. The van der Waals surface area contributed by atoms with Gasteiger partial charge in [0.1, 0.15) is 0 Å². The molecule has 0 radical (unpaired) electrons. The molecule has 1 aromatic rings. The van der Waals surface area contributed by atoms with Crippen LogP contribution in [0, 0.1) is 12.3 Å². The highest BCUT2D eigenvalue weighted by molar-refractivity contribution is 7.80.